The average Bonchev–Trinajstić information content (AvgIpc) is 3.27. The molecule has 1 atom stereocenters. The molecule has 2 amide bonds. The number of fused-ring (bicyclic) bond motifs is 1. The predicted octanol–water partition coefficient (Wildman–Crippen LogP) is 1.66. The number of carbonyl (C=O) groups excluding carboxylic acids is 2. The third-order valence-corrected chi connectivity index (χ3v) is 4.59. The van der Waals surface area contributed by atoms with Gasteiger partial charge in [-0.25, -0.2) is 0 Å². The summed E-state index contributed by atoms with van der Waals surface area (Å²) in [5.74, 6) is 0.878. The van der Waals surface area contributed by atoms with E-state index in [2.05, 4.69) is 5.32 Å². The van der Waals surface area contributed by atoms with Gasteiger partial charge in [0.2, 0.25) is 0 Å². The normalized spacial score (nSPS) is 23.0. The largest absolute Gasteiger partial charge is 0.482 e. The van der Waals surface area contributed by atoms with E-state index in [-0.39, 0.29) is 18.4 Å². The second kappa shape index (κ2) is 5.85. The third-order valence-electron chi connectivity index (χ3n) is 4.59. The van der Waals surface area contributed by atoms with E-state index in [1.54, 1.807) is 18.2 Å². The number of ether oxygens (including phenoxy) is 2. The predicted molar refractivity (Wildman–Crippen MR) is 83.6 cm³/mol. The summed E-state index contributed by atoms with van der Waals surface area (Å²) in [6, 6.07) is 5.59. The first kappa shape index (κ1) is 14.5. The molecule has 0 aromatic heterocycles. The lowest BCUT2D eigenvalue weighted by molar-refractivity contribution is -0.118. The number of nitrogens with one attached hydrogen (secondary N) is 1. The highest BCUT2D eigenvalue weighted by Gasteiger charge is 2.35. The first-order valence-corrected chi connectivity index (χ1v) is 8.16. The molecule has 2 aliphatic heterocycles. The van der Waals surface area contributed by atoms with Gasteiger partial charge in [0.05, 0.1) is 12.3 Å². The summed E-state index contributed by atoms with van der Waals surface area (Å²) in [5, 5.41) is 2.74. The maximum Gasteiger partial charge on any atom is 0.262 e. The van der Waals surface area contributed by atoms with Crippen LogP contribution in [-0.2, 0) is 9.53 Å². The molecule has 1 aromatic carbocycles. The van der Waals surface area contributed by atoms with Crippen molar-refractivity contribution in [2.75, 3.05) is 31.7 Å². The average molecular weight is 316 g/mol. The van der Waals surface area contributed by atoms with Crippen molar-refractivity contribution in [1.29, 1.82) is 0 Å². The van der Waals surface area contributed by atoms with E-state index in [1.165, 1.54) is 0 Å². The van der Waals surface area contributed by atoms with Crippen molar-refractivity contribution < 1.29 is 19.1 Å². The molecule has 6 heteroatoms. The smallest absolute Gasteiger partial charge is 0.262 e. The van der Waals surface area contributed by atoms with Gasteiger partial charge in [-0.2, -0.15) is 0 Å². The van der Waals surface area contributed by atoms with Crippen molar-refractivity contribution in [1.82, 2.24) is 4.90 Å². The molecule has 1 N–H and O–H groups in total. The molecular formula is C17H20N2O4. The van der Waals surface area contributed by atoms with Gasteiger partial charge in [0.25, 0.3) is 11.8 Å². The number of amides is 2. The molecule has 2 fully saturated rings. The highest BCUT2D eigenvalue weighted by molar-refractivity contribution is 5.99. The molecule has 4 rings (SSSR count). The Labute approximate surface area is 134 Å². The molecule has 1 saturated heterocycles. The first-order valence-electron chi connectivity index (χ1n) is 8.16. The fourth-order valence-electron chi connectivity index (χ4n) is 3.16. The molecule has 1 aliphatic carbocycles. The molecule has 3 aliphatic rings. The lowest BCUT2D eigenvalue weighted by Crippen LogP contribution is -2.37. The third kappa shape index (κ3) is 3.03. The summed E-state index contributed by atoms with van der Waals surface area (Å²) in [6.07, 6.45) is 3.18. The van der Waals surface area contributed by atoms with Gasteiger partial charge in [0.15, 0.2) is 6.61 Å². The molecule has 1 aromatic rings. The Kier molecular flexibility index (Phi) is 3.69. The second-order valence-corrected chi connectivity index (χ2v) is 6.47. The Balaban J connectivity index is 1.53. The minimum absolute atomic E-state index is 0.00358. The number of nitrogens with zero attached hydrogens (tertiary/aromatic N) is 1. The monoisotopic (exact) mass is 316 g/mol. The topological polar surface area (TPSA) is 67.9 Å². The zero-order valence-corrected chi connectivity index (χ0v) is 12.9. The van der Waals surface area contributed by atoms with Crippen LogP contribution in [0.1, 0.15) is 29.6 Å². The fourth-order valence-corrected chi connectivity index (χ4v) is 3.16. The molecular weight excluding hydrogens is 296 g/mol. The van der Waals surface area contributed by atoms with Gasteiger partial charge in [-0.15, -0.1) is 0 Å². The lowest BCUT2D eigenvalue weighted by atomic mass is 10.1. The van der Waals surface area contributed by atoms with E-state index in [4.69, 9.17) is 9.47 Å². The summed E-state index contributed by atoms with van der Waals surface area (Å²) in [7, 11) is 0. The van der Waals surface area contributed by atoms with Gasteiger partial charge < -0.3 is 19.7 Å². The maximum absolute atomic E-state index is 12.9. The molecule has 23 heavy (non-hydrogen) atoms. The molecule has 1 unspecified atom stereocenters. The summed E-state index contributed by atoms with van der Waals surface area (Å²) in [4.78, 5) is 26.2. The minimum Gasteiger partial charge on any atom is -0.482 e. The van der Waals surface area contributed by atoms with Crippen LogP contribution in [0.2, 0.25) is 0 Å². The summed E-state index contributed by atoms with van der Waals surface area (Å²) in [6.45, 7) is 2.30. The fraction of sp³-hybridized carbons (Fsp3) is 0.529. The second-order valence-electron chi connectivity index (χ2n) is 6.47. The SMILES string of the molecule is O=C1COc2cc(C(=O)N(CC3CCOC3)C3CC3)ccc2N1. The number of anilines is 1. The molecule has 122 valence electrons. The van der Waals surface area contributed by atoms with E-state index < -0.39 is 0 Å². The Bertz CT molecular complexity index is 635. The lowest BCUT2D eigenvalue weighted by Gasteiger charge is -2.26. The molecule has 0 spiro atoms. The van der Waals surface area contributed by atoms with Crippen LogP contribution in [0, 0.1) is 5.92 Å². The first-order chi connectivity index (χ1) is 11.2. The molecule has 1 saturated carbocycles. The zero-order chi connectivity index (χ0) is 15.8. The number of benzene rings is 1. The van der Waals surface area contributed by atoms with E-state index >= 15 is 0 Å². The standard InChI is InChI=1S/C17H20N2O4/c20-16-10-23-15-7-12(1-4-14(15)18-16)17(21)19(13-2-3-13)8-11-5-6-22-9-11/h1,4,7,11,13H,2-3,5-6,8-10H2,(H,18,20). The molecule has 6 nitrogen and oxygen atoms in total. The van der Waals surface area contributed by atoms with Gasteiger partial charge >= 0.3 is 0 Å². The Morgan fingerprint density at radius 2 is 2.17 bits per heavy atom. The van der Waals surface area contributed by atoms with Crippen LogP contribution in [0.5, 0.6) is 5.75 Å². The minimum atomic E-state index is -0.169. The van der Waals surface area contributed by atoms with Crippen molar-refractivity contribution in [3.8, 4) is 5.75 Å². The van der Waals surface area contributed by atoms with Gasteiger partial charge in [-0.3, -0.25) is 9.59 Å². The zero-order valence-electron chi connectivity index (χ0n) is 12.9. The van der Waals surface area contributed by atoms with Crippen molar-refractivity contribution in [3.63, 3.8) is 0 Å². The highest BCUT2D eigenvalue weighted by atomic mass is 16.5. The summed E-state index contributed by atoms with van der Waals surface area (Å²) >= 11 is 0. The maximum atomic E-state index is 12.9. The highest BCUT2D eigenvalue weighted by Crippen LogP contribution is 2.33. The van der Waals surface area contributed by atoms with Crippen LogP contribution in [0.15, 0.2) is 18.2 Å². The molecule has 2 heterocycles. The number of hydrogen-bond donors (Lipinski definition) is 1. The summed E-state index contributed by atoms with van der Waals surface area (Å²) in [5.41, 5.74) is 1.24. The van der Waals surface area contributed by atoms with Gasteiger partial charge in [0.1, 0.15) is 5.75 Å². The van der Waals surface area contributed by atoms with Crippen molar-refractivity contribution in [2.45, 2.75) is 25.3 Å². The van der Waals surface area contributed by atoms with Gasteiger partial charge in [-0.1, -0.05) is 0 Å². The molecule has 0 radical (unpaired) electrons. The van der Waals surface area contributed by atoms with E-state index in [9.17, 15) is 9.59 Å². The van der Waals surface area contributed by atoms with Crippen LogP contribution in [-0.4, -0.2) is 49.1 Å². The van der Waals surface area contributed by atoms with Crippen LogP contribution in [0.25, 0.3) is 0 Å². The van der Waals surface area contributed by atoms with Gasteiger partial charge in [0, 0.05) is 30.7 Å². The van der Waals surface area contributed by atoms with Crippen LogP contribution in [0.4, 0.5) is 5.69 Å². The van der Waals surface area contributed by atoms with E-state index in [1.807, 2.05) is 4.90 Å². The van der Waals surface area contributed by atoms with Crippen molar-refractivity contribution in [3.05, 3.63) is 23.8 Å². The van der Waals surface area contributed by atoms with Crippen LogP contribution < -0.4 is 10.1 Å². The Morgan fingerprint density at radius 1 is 1.30 bits per heavy atom. The molecule has 0 bridgehead atoms. The number of carbonyl (C=O) groups is 2. The van der Waals surface area contributed by atoms with E-state index in [0.717, 1.165) is 39.0 Å². The van der Waals surface area contributed by atoms with Crippen LogP contribution >= 0.6 is 0 Å². The number of hydrogen-bond acceptors (Lipinski definition) is 4. The van der Waals surface area contributed by atoms with Crippen molar-refractivity contribution >= 4 is 17.5 Å². The Hall–Kier alpha value is -2.08. The van der Waals surface area contributed by atoms with Gasteiger partial charge in [-0.05, 0) is 37.5 Å². The Morgan fingerprint density at radius 3 is 2.91 bits per heavy atom. The summed E-state index contributed by atoms with van der Waals surface area (Å²) < 4.78 is 10.8. The van der Waals surface area contributed by atoms with E-state index in [0.29, 0.717) is 29.0 Å². The van der Waals surface area contributed by atoms with Crippen LogP contribution in [0.3, 0.4) is 0 Å². The quantitative estimate of drug-likeness (QED) is 0.917. The van der Waals surface area contributed by atoms with Crippen molar-refractivity contribution in [2.24, 2.45) is 5.92 Å². The number of rotatable bonds is 4.